The van der Waals surface area contributed by atoms with Crippen LogP contribution in [0.25, 0.3) is 6.08 Å². The van der Waals surface area contributed by atoms with Crippen LogP contribution in [0.4, 0.5) is 9.18 Å². The lowest BCUT2D eigenvalue weighted by molar-refractivity contribution is -0.136. The van der Waals surface area contributed by atoms with E-state index < -0.39 is 11.1 Å². The molecule has 2 aliphatic rings. The van der Waals surface area contributed by atoms with Gasteiger partial charge in [0.2, 0.25) is 5.91 Å². The van der Waals surface area contributed by atoms with E-state index in [9.17, 15) is 18.8 Å². The van der Waals surface area contributed by atoms with E-state index in [1.807, 2.05) is 6.92 Å². The third-order valence-corrected chi connectivity index (χ3v) is 6.63. The zero-order chi connectivity index (χ0) is 24.8. The zero-order valence-electron chi connectivity index (χ0n) is 19.5. The summed E-state index contributed by atoms with van der Waals surface area (Å²) < 4.78 is 24.9. The third kappa shape index (κ3) is 6.22. The Labute approximate surface area is 207 Å². The van der Waals surface area contributed by atoms with Crippen molar-refractivity contribution < 1.29 is 28.2 Å². The molecule has 2 heterocycles. The molecule has 2 saturated heterocycles. The SMILES string of the molecule is CCOc1cc(/C=C2\SC(=O)N(CC(=O)N3CCCCC3)C2=O)ccc1OCc1cccc(F)c1. The van der Waals surface area contributed by atoms with Crippen LogP contribution in [-0.4, -0.2) is 53.1 Å². The van der Waals surface area contributed by atoms with E-state index in [4.69, 9.17) is 9.47 Å². The highest BCUT2D eigenvalue weighted by Crippen LogP contribution is 2.35. The van der Waals surface area contributed by atoms with Gasteiger partial charge in [0.25, 0.3) is 11.1 Å². The van der Waals surface area contributed by atoms with Crippen LogP contribution in [0.2, 0.25) is 0 Å². The Hall–Kier alpha value is -3.33. The van der Waals surface area contributed by atoms with Crippen LogP contribution in [0, 0.1) is 5.82 Å². The van der Waals surface area contributed by atoms with Crippen LogP contribution >= 0.6 is 11.8 Å². The maximum atomic E-state index is 13.4. The molecule has 2 fully saturated rings. The minimum absolute atomic E-state index is 0.168. The second-order valence-electron chi connectivity index (χ2n) is 8.27. The number of benzene rings is 2. The molecule has 4 rings (SSSR count). The summed E-state index contributed by atoms with van der Waals surface area (Å²) in [5.41, 5.74) is 1.34. The van der Waals surface area contributed by atoms with Crippen molar-refractivity contribution in [1.29, 1.82) is 0 Å². The molecule has 2 aromatic carbocycles. The number of nitrogens with zero attached hydrogens (tertiary/aromatic N) is 2. The predicted molar refractivity (Wildman–Crippen MR) is 131 cm³/mol. The number of hydrogen-bond acceptors (Lipinski definition) is 6. The average Bonchev–Trinajstić information content (AvgIpc) is 3.11. The highest BCUT2D eigenvalue weighted by atomic mass is 32.2. The maximum absolute atomic E-state index is 13.4. The molecule has 3 amide bonds. The molecule has 7 nitrogen and oxygen atoms in total. The molecule has 0 saturated carbocycles. The fraction of sp³-hybridized carbons (Fsp3) is 0.346. The van der Waals surface area contributed by atoms with Crippen molar-refractivity contribution in [2.45, 2.75) is 32.8 Å². The van der Waals surface area contributed by atoms with E-state index in [2.05, 4.69) is 0 Å². The van der Waals surface area contributed by atoms with Crippen LogP contribution < -0.4 is 9.47 Å². The van der Waals surface area contributed by atoms with E-state index in [1.165, 1.54) is 12.1 Å². The van der Waals surface area contributed by atoms with Gasteiger partial charge in [-0.05, 0) is 79.4 Å². The van der Waals surface area contributed by atoms with Crippen molar-refractivity contribution in [1.82, 2.24) is 9.80 Å². The lowest BCUT2D eigenvalue weighted by atomic mass is 10.1. The Morgan fingerprint density at radius 2 is 1.86 bits per heavy atom. The molecule has 35 heavy (non-hydrogen) atoms. The first-order valence-electron chi connectivity index (χ1n) is 11.6. The van der Waals surface area contributed by atoms with Crippen LogP contribution in [0.1, 0.15) is 37.3 Å². The van der Waals surface area contributed by atoms with E-state index >= 15 is 0 Å². The highest BCUT2D eigenvalue weighted by molar-refractivity contribution is 8.18. The number of rotatable bonds is 8. The largest absolute Gasteiger partial charge is 0.490 e. The summed E-state index contributed by atoms with van der Waals surface area (Å²) >= 11 is 0.818. The molecular formula is C26H27FN2O5S. The Morgan fingerprint density at radius 3 is 2.60 bits per heavy atom. The fourth-order valence-electron chi connectivity index (χ4n) is 3.96. The fourth-order valence-corrected chi connectivity index (χ4v) is 4.79. The summed E-state index contributed by atoms with van der Waals surface area (Å²) in [6.45, 7) is 3.50. The monoisotopic (exact) mass is 498 g/mol. The van der Waals surface area contributed by atoms with Gasteiger partial charge in [-0.1, -0.05) is 18.2 Å². The van der Waals surface area contributed by atoms with Crippen LogP contribution in [0.5, 0.6) is 11.5 Å². The van der Waals surface area contributed by atoms with Crippen LogP contribution in [0.15, 0.2) is 47.4 Å². The van der Waals surface area contributed by atoms with Gasteiger partial charge in [-0.25, -0.2) is 4.39 Å². The molecule has 9 heteroatoms. The molecular weight excluding hydrogens is 471 g/mol. The number of ether oxygens (including phenoxy) is 2. The first-order chi connectivity index (χ1) is 16.9. The molecule has 2 aliphatic heterocycles. The van der Waals surface area contributed by atoms with Gasteiger partial charge in [-0.2, -0.15) is 0 Å². The van der Waals surface area contributed by atoms with Crippen LogP contribution in [-0.2, 0) is 16.2 Å². The standard InChI is InChI=1S/C26H27FN2O5S/c1-2-33-22-14-18(9-10-21(22)34-17-19-7-6-8-20(27)13-19)15-23-25(31)29(26(32)35-23)16-24(30)28-11-4-3-5-12-28/h6-10,13-15H,2-5,11-12,16-17H2,1H3/b23-15-. The molecule has 0 unspecified atom stereocenters. The highest BCUT2D eigenvalue weighted by Gasteiger charge is 2.37. The zero-order valence-corrected chi connectivity index (χ0v) is 20.3. The topological polar surface area (TPSA) is 76.2 Å². The van der Waals surface area contributed by atoms with Gasteiger partial charge in [0.05, 0.1) is 11.5 Å². The van der Waals surface area contributed by atoms with Gasteiger partial charge in [0, 0.05) is 13.1 Å². The summed E-state index contributed by atoms with van der Waals surface area (Å²) in [4.78, 5) is 40.8. The number of hydrogen-bond donors (Lipinski definition) is 0. The summed E-state index contributed by atoms with van der Waals surface area (Å²) in [7, 11) is 0. The predicted octanol–water partition coefficient (Wildman–Crippen LogP) is 4.85. The molecule has 0 atom stereocenters. The number of amides is 3. The van der Waals surface area contributed by atoms with E-state index in [0.717, 1.165) is 35.9 Å². The minimum Gasteiger partial charge on any atom is -0.490 e. The van der Waals surface area contributed by atoms with Gasteiger partial charge in [0.15, 0.2) is 11.5 Å². The molecule has 0 aromatic heterocycles. The van der Waals surface area contributed by atoms with Crippen molar-refractivity contribution in [3.63, 3.8) is 0 Å². The molecule has 0 radical (unpaired) electrons. The normalized spacial score (nSPS) is 17.3. The molecule has 0 bridgehead atoms. The van der Waals surface area contributed by atoms with Gasteiger partial charge in [-0.3, -0.25) is 19.3 Å². The van der Waals surface area contributed by atoms with Gasteiger partial charge in [-0.15, -0.1) is 0 Å². The first kappa shape index (κ1) is 24.8. The summed E-state index contributed by atoms with van der Waals surface area (Å²) in [5.74, 6) is -0.0647. The number of halogens is 1. The number of imide groups is 1. The van der Waals surface area contributed by atoms with Crippen molar-refractivity contribution in [3.8, 4) is 11.5 Å². The van der Waals surface area contributed by atoms with Crippen molar-refractivity contribution in [3.05, 3.63) is 64.3 Å². The number of likely N-dealkylation sites (tertiary alicyclic amines) is 1. The molecule has 184 valence electrons. The number of carbonyl (C=O) groups is 3. The third-order valence-electron chi connectivity index (χ3n) is 5.72. The van der Waals surface area contributed by atoms with Crippen molar-refractivity contribution >= 4 is 34.9 Å². The molecule has 2 aromatic rings. The second kappa shape index (κ2) is 11.4. The minimum atomic E-state index is -0.477. The Balaban J connectivity index is 1.46. The lowest BCUT2D eigenvalue weighted by Crippen LogP contribution is -2.44. The average molecular weight is 499 g/mol. The smallest absolute Gasteiger partial charge is 0.294 e. The second-order valence-corrected chi connectivity index (χ2v) is 9.26. The first-order valence-corrected chi connectivity index (χ1v) is 12.4. The maximum Gasteiger partial charge on any atom is 0.294 e. The van der Waals surface area contributed by atoms with Gasteiger partial charge < -0.3 is 14.4 Å². The van der Waals surface area contributed by atoms with Crippen molar-refractivity contribution in [2.75, 3.05) is 26.2 Å². The number of thioether (sulfide) groups is 1. The van der Waals surface area contributed by atoms with E-state index in [0.29, 0.717) is 42.3 Å². The van der Waals surface area contributed by atoms with Gasteiger partial charge in [0.1, 0.15) is 19.0 Å². The van der Waals surface area contributed by atoms with Crippen LogP contribution in [0.3, 0.4) is 0 Å². The molecule has 0 spiro atoms. The van der Waals surface area contributed by atoms with E-state index in [-0.39, 0.29) is 29.8 Å². The summed E-state index contributed by atoms with van der Waals surface area (Å²) in [6, 6.07) is 11.3. The number of piperidine rings is 1. The van der Waals surface area contributed by atoms with E-state index in [1.54, 1.807) is 41.3 Å². The Bertz CT molecular complexity index is 1150. The molecule has 0 aliphatic carbocycles. The van der Waals surface area contributed by atoms with Crippen molar-refractivity contribution in [2.24, 2.45) is 0 Å². The Kier molecular flexibility index (Phi) is 8.07. The lowest BCUT2D eigenvalue weighted by Gasteiger charge is -2.27. The summed E-state index contributed by atoms with van der Waals surface area (Å²) in [6.07, 6.45) is 4.58. The van der Waals surface area contributed by atoms with Gasteiger partial charge >= 0.3 is 0 Å². The summed E-state index contributed by atoms with van der Waals surface area (Å²) in [5, 5.41) is -0.452. The quantitative estimate of drug-likeness (QED) is 0.484. The molecule has 0 N–H and O–H groups in total. The number of carbonyl (C=O) groups excluding carboxylic acids is 3. The Morgan fingerprint density at radius 1 is 1.06 bits per heavy atom.